The average Bonchev–Trinajstić information content (AvgIpc) is 2.88. The Morgan fingerprint density at radius 1 is 0.818 bits per heavy atom. The van der Waals surface area contributed by atoms with E-state index in [0.29, 0.717) is 29.4 Å². The van der Waals surface area contributed by atoms with Gasteiger partial charge >= 0.3 is 0 Å². The minimum absolute atomic E-state index is 0.252. The van der Waals surface area contributed by atoms with Gasteiger partial charge in [-0.15, -0.1) is 0 Å². The summed E-state index contributed by atoms with van der Waals surface area (Å²) in [5.74, 6) is 1.19. The zero-order valence-corrected chi connectivity index (χ0v) is 18.1. The highest BCUT2D eigenvalue weighted by molar-refractivity contribution is 6.11. The SMILES string of the molecule is N=C(C=C(N)c1ccccc1)c1ccc(OCc2ccccc2)cc1OCc1ccccn1. The minimum Gasteiger partial charge on any atom is -0.489 e. The molecule has 0 aliphatic rings. The Balaban J connectivity index is 1.58. The zero-order chi connectivity index (χ0) is 22.9. The van der Waals surface area contributed by atoms with Crippen LogP contribution in [0.15, 0.2) is 109 Å². The smallest absolute Gasteiger partial charge is 0.132 e. The van der Waals surface area contributed by atoms with Gasteiger partial charge < -0.3 is 20.6 Å². The van der Waals surface area contributed by atoms with Crippen molar-refractivity contribution >= 4 is 11.4 Å². The van der Waals surface area contributed by atoms with Crippen LogP contribution in [0.5, 0.6) is 11.5 Å². The van der Waals surface area contributed by atoms with Gasteiger partial charge in [0.15, 0.2) is 0 Å². The van der Waals surface area contributed by atoms with Crippen LogP contribution in [0.4, 0.5) is 0 Å². The minimum atomic E-state index is 0.252. The van der Waals surface area contributed by atoms with E-state index in [-0.39, 0.29) is 12.3 Å². The Labute approximate surface area is 193 Å². The van der Waals surface area contributed by atoms with E-state index < -0.39 is 0 Å². The summed E-state index contributed by atoms with van der Waals surface area (Å²) in [5, 5.41) is 8.65. The van der Waals surface area contributed by atoms with E-state index in [9.17, 15) is 0 Å². The maximum absolute atomic E-state index is 8.65. The van der Waals surface area contributed by atoms with Crippen LogP contribution in [0.3, 0.4) is 0 Å². The molecule has 5 nitrogen and oxygen atoms in total. The van der Waals surface area contributed by atoms with Gasteiger partial charge in [0.1, 0.15) is 24.7 Å². The highest BCUT2D eigenvalue weighted by Crippen LogP contribution is 2.28. The van der Waals surface area contributed by atoms with Crippen molar-refractivity contribution in [1.82, 2.24) is 4.98 Å². The maximum atomic E-state index is 8.65. The topological polar surface area (TPSA) is 81.2 Å². The van der Waals surface area contributed by atoms with Gasteiger partial charge in [0, 0.05) is 23.5 Å². The van der Waals surface area contributed by atoms with Crippen LogP contribution in [-0.2, 0) is 13.2 Å². The summed E-state index contributed by atoms with van der Waals surface area (Å²) in [7, 11) is 0. The predicted octanol–water partition coefficient (Wildman–Crippen LogP) is 5.61. The first kappa shape index (κ1) is 21.8. The monoisotopic (exact) mass is 435 g/mol. The van der Waals surface area contributed by atoms with Crippen molar-refractivity contribution in [2.75, 3.05) is 0 Å². The van der Waals surface area contributed by atoms with E-state index in [4.69, 9.17) is 20.6 Å². The molecule has 164 valence electrons. The summed E-state index contributed by atoms with van der Waals surface area (Å²) in [6.07, 6.45) is 3.37. The first-order valence-corrected chi connectivity index (χ1v) is 10.6. The van der Waals surface area contributed by atoms with Crippen LogP contribution in [0.2, 0.25) is 0 Å². The lowest BCUT2D eigenvalue weighted by molar-refractivity contribution is 0.287. The zero-order valence-electron chi connectivity index (χ0n) is 18.1. The number of nitrogens with two attached hydrogens (primary N) is 1. The fraction of sp³-hybridized carbons (Fsp3) is 0.0714. The van der Waals surface area contributed by atoms with Crippen molar-refractivity contribution in [3.63, 3.8) is 0 Å². The summed E-state index contributed by atoms with van der Waals surface area (Å²) in [6, 6.07) is 30.7. The first-order valence-electron chi connectivity index (χ1n) is 10.6. The normalized spacial score (nSPS) is 11.1. The number of nitrogens with zero attached hydrogens (tertiary/aromatic N) is 1. The molecule has 4 aromatic rings. The van der Waals surface area contributed by atoms with Gasteiger partial charge in [-0.05, 0) is 41.5 Å². The standard InChI is InChI=1S/C28H25N3O2/c29-26(22-11-5-2-6-12-22)18-27(30)25-15-14-24(32-19-21-9-3-1-4-10-21)17-28(25)33-20-23-13-7-8-16-31-23/h1-18,30H,19-20,29H2. The molecule has 0 fully saturated rings. The maximum Gasteiger partial charge on any atom is 0.132 e. The fourth-order valence-corrected chi connectivity index (χ4v) is 3.26. The Hall–Kier alpha value is -4.38. The molecule has 0 amide bonds. The van der Waals surface area contributed by atoms with E-state index >= 15 is 0 Å². The Morgan fingerprint density at radius 2 is 1.55 bits per heavy atom. The van der Waals surface area contributed by atoms with Crippen LogP contribution in [0, 0.1) is 5.41 Å². The molecule has 5 heteroatoms. The van der Waals surface area contributed by atoms with E-state index in [2.05, 4.69) is 4.98 Å². The summed E-state index contributed by atoms with van der Waals surface area (Å²) in [4.78, 5) is 4.31. The van der Waals surface area contributed by atoms with Gasteiger partial charge in [0.05, 0.1) is 11.4 Å². The summed E-state index contributed by atoms with van der Waals surface area (Å²) in [6.45, 7) is 0.722. The van der Waals surface area contributed by atoms with Crippen LogP contribution < -0.4 is 15.2 Å². The number of hydrogen-bond donors (Lipinski definition) is 2. The third-order valence-corrected chi connectivity index (χ3v) is 5.00. The first-order chi connectivity index (χ1) is 16.2. The highest BCUT2D eigenvalue weighted by Gasteiger charge is 2.12. The summed E-state index contributed by atoms with van der Waals surface area (Å²) >= 11 is 0. The van der Waals surface area contributed by atoms with E-state index in [1.807, 2.05) is 97.1 Å². The van der Waals surface area contributed by atoms with Crippen molar-refractivity contribution in [3.05, 3.63) is 132 Å². The summed E-state index contributed by atoms with van der Waals surface area (Å²) in [5.41, 5.74) is 10.4. The second kappa shape index (κ2) is 10.8. The molecule has 0 unspecified atom stereocenters. The lowest BCUT2D eigenvalue weighted by Crippen LogP contribution is -2.07. The second-order valence-corrected chi connectivity index (χ2v) is 7.42. The lowest BCUT2D eigenvalue weighted by Gasteiger charge is -2.14. The van der Waals surface area contributed by atoms with Gasteiger partial charge in [0.2, 0.25) is 0 Å². The van der Waals surface area contributed by atoms with Crippen LogP contribution in [-0.4, -0.2) is 10.7 Å². The molecule has 0 atom stereocenters. The lowest BCUT2D eigenvalue weighted by atomic mass is 10.0. The van der Waals surface area contributed by atoms with Gasteiger partial charge in [-0.1, -0.05) is 66.7 Å². The number of hydrogen-bond acceptors (Lipinski definition) is 5. The van der Waals surface area contributed by atoms with E-state index in [1.165, 1.54) is 0 Å². The van der Waals surface area contributed by atoms with Gasteiger partial charge in [0.25, 0.3) is 0 Å². The van der Waals surface area contributed by atoms with E-state index in [0.717, 1.165) is 16.8 Å². The van der Waals surface area contributed by atoms with Crippen LogP contribution in [0.25, 0.3) is 5.70 Å². The molecule has 1 heterocycles. The molecule has 0 aliphatic heterocycles. The Bertz CT molecular complexity index is 1220. The Morgan fingerprint density at radius 3 is 2.27 bits per heavy atom. The van der Waals surface area contributed by atoms with Crippen molar-refractivity contribution in [3.8, 4) is 11.5 Å². The number of pyridine rings is 1. The van der Waals surface area contributed by atoms with Crippen LogP contribution >= 0.6 is 0 Å². The molecule has 0 spiro atoms. The van der Waals surface area contributed by atoms with Crippen molar-refractivity contribution in [2.24, 2.45) is 5.73 Å². The molecular weight excluding hydrogens is 410 g/mol. The quantitative estimate of drug-likeness (QED) is 0.335. The molecule has 3 aromatic carbocycles. The molecule has 0 saturated heterocycles. The fourth-order valence-electron chi connectivity index (χ4n) is 3.26. The highest BCUT2D eigenvalue weighted by atomic mass is 16.5. The molecule has 1 aromatic heterocycles. The van der Waals surface area contributed by atoms with Crippen molar-refractivity contribution < 1.29 is 9.47 Å². The third-order valence-electron chi connectivity index (χ3n) is 5.00. The molecule has 0 radical (unpaired) electrons. The number of allylic oxidation sites excluding steroid dienone is 1. The van der Waals surface area contributed by atoms with Gasteiger partial charge in [-0.3, -0.25) is 4.98 Å². The number of benzene rings is 3. The van der Waals surface area contributed by atoms with E-state index in [1.54, 1.807) is 12.3 Å². The largest absolute Gasteiger partial charge is 0.489 e. The molecular formula is C28H25N3O2. The number of rotatable bonds is 9. The molecule has 3 N–H and O–H groups in total. The predicted molar refractivity (Wildman–Crippen MR) is 131 cm³/mol. The molecule has 4 rings (SSSR count). The number of aromatic nitrogens is 1. The van der Waals surface area contributed by atoms with Gasteiger partial charge in [-0.2, -0.15) is 0 Å². The van der Waals surface area contributed by atoms with Crippen molar-refractivity contribution in [2.45, 2.75) is 13.2 Å². The molecule has 33 heavy (non-hydrogen) atoms. The van der Waals surface area contributed by atoms with Gasteiger partial charge in [-0.25, -0.2) is 0 Å². The van der Waals surface area contributed by atoms with Crippen LogP contribution in [0.1, 0.15) is 22.4 Å². The molecule has 0 bridgehead atoms. The number of ether oxygens (including phenoxy) is 2. The average molecular weight is 436 g/mol. The number of nitrogens with one attached hydrogen (secondary N) is 1. The summed E-state index contributed by atoms with van der Waals surface area (Å²) < 4.78 is 12.0. The molecule has 0 aliphatic carbocycles. The Kier molecular flexibility index (Phi) is 7.13. The second-order valence-electron chi connectivity index (χ2n) is 7.42. The molecule has 0 saturated carbocycles. The third kappa shape index (κ3) is 6.08. The van der Waals surface area contributed by atoms with Crippen molar-refractivity contribution in [1.29, 1.82) is 5.41 Å².